The van der Waals surface area contributed by atoms with Crippen LogP contribution in [0.3, 0.4) is 0 Å². The molecule has 1 aromatic rings. The number of H-pyrrole nitrogens is 1. The highest BCUT2D eigenvalue weighted by Gasteiger charge is 2.65. The summed E-state index contributed by atoms with van der Waals surface area (Å²) in [6.07, 6.45) is -5.65. The second-order valence-electron chi connectivity index (χ2n) is 4.93. The molecule has 0 bridgehead atoms. The van der Waals surface area contributed by atoms with E-state index in [1.807, 2.05) is 4.98 Å². The number of fused-ring (bicyclic) bond motifs is 1. The summed E-state index contributed by atoms with van der Waals surface area (Å²) in [4.78, 5) is 47.2. The third kappa shape index (κ3) is 2.60. The molecule has 1 N–H and O–H groups in total. The molecule has 3 rings (SSSR count). The first-order valence-corrected chi connectivity index (χ1v) is 6.60. The molecule has 2 aliphatic rings. The predicted molar refractivity (Wildman–Crippen MR) is 68.8 cm³/mol. The lowest BCUT2D eigenvalue weighted by molar-refractivity contribution is -0.212. The van der Waals surface area contributed by atoms with E-state index in [2.05, 4.69) is 9.47 Å². The van der Waals surface area contributed by atoms with Crippen LogP contribution >= 0.6 is 0 Å². The average Bonchev–Trinajstić information content (AvgIpc) is 3.03. The van der Waals surface area contributed by atoms with Crippen molar-refractivity contribution in [3.05, 3.63) is 33.1 Å². The number of aromatic nitrogens is 2. The van der Waals surface area contributed by atoms with Gasteiger partial charge in [0.1, 0.15) is 0 Å². The van der Waals surface area contributed by atoms with Crippen molar-refractivity contribution in [1.82, 2.24) is 9.55 Å². The maximum atomic E-state index is 15.0. The first-order valence-electron chi connectivity index (χ1n) is 6.60. The molecule has 2 saturated heterocycles. The van der Waals surface area contributed by atoms with Crippen LogP contribution < -0.4 is 11.2 Å². The van der Waals surface area contributed by atoms with Crippen molar-refractivity contribution in [2.45, 2.75) is 24.3 Å². The topological polar surface area (TPSA) is 135 Å². The molecule has 12 heteroatoms. The first-order chi connectivity index (χ1) is 11.3. The number of carbonyl (C=O) groups is 2. The largest absolute Gasteiger partial charge is 0.509 e. The number of methoxy groups -OCH3 is 1. The van der Waals surface area contributed by atoms with Crippen molar-refractivity contribution in [1.29, 1.82) is 0 Å². The third-order valence-electron chi connectivity index (χ3n) is 3.46. The van der Waals surface area contributed by atoms with Crippen LogP contribution in [0.4, 0.5) is 14.0 Å². The molecule has 0 spiro atoms. The molecule has 0 saturated carbocycles. The van der Waals surface area contributed by atoms with Crippen molar-refractivity contribution in [3.63, 3.8) is 0 Å². The zero-order chi connectivity index (χ0) is 17.5. The standard InChI is InChI=1S/C12H11FN2O9/c1-20-10(18)21-4-12(13)7-6(22-11(19)23-7)8(24-12)15-3-2-5(16)14-9(15)17/h2-3,6-8H,4H2,1H3,(H,14,16,17)/t6-,7+,8-,12-/m1/s1. The van der Waals surface area contributed by atoms with Gasteiger partial charge in [0, 0.05) is 12.3 Å². The van der Waals surface area contributed by atoms with Crippen molar-refractivity contribution < 1.29 is 37.7 Å². The van der Waals surface area contributed by atoms with Crippen molar-refractivity contribution in [2.24, 2.45) is 0 Å². The highest BCUT2D eigenvalue weighted by molar-refractivity contribution is 5.63. The second kappa shape index (κ2) is 5.63. The molecule has 24 heavy (non-hydrogen) atoms. The molecule has 0 aliphatic carbocycles. The van der Waals surface area contributed by atoms with Crippen LogP contribution in [-0.2, 0) is 23.7 Å². The minimum atomic E-state index is -2.77. The summed E-state index contributed by atoms with van der Waals surface area (Å²) in [5, 5.41) is 0. The molecule has 0 radical (unpaired) electrons. The van der Waals surface area contributed by atoms with E-state index in [9.17, 15) is 23.6 Å². The van der Waals surface area contributed by atoms with Gasteiger partial charge < -0.3 is 23.7 Å². The lowest BCUT2D eigenvalue weighted by Crippen LogP contribution is -2.42. The molecule has 3 heterocycles. The average molecular weight is 346 g/mol. The number of alkyl halides is 1. The van der Waals surface area contributed by atoms with Crippen molar-refractivity contribution >= 4 is 12.3 Å². The van der Waals surface area contributed by atoms with Crippen LogP contribution in [0.5, 0.6) is 0 Å². The van der Waals surface area contributed by atoms with E-state index in [0.29, 0.717) is 0 Å². The van der Waals surface area contributed by atoms with E-state index in [1.54, 1.807) is 0 Å². The van der Waals surface area contributed by atoms with E-state index in [4.69, 9.17) is 14.2 Å². The van der Waals surface area contributed by atoms with E-state index in [1.165, 1.54) is 0 Å². The number of ether oxygens (including phenoxy) is 5. The lowest BCUT2D eigenvalue weighted by Gasteiger charge is -2.22. The summed E-state index contributed by atoms with van der Waals surface area (Å²) >= 11 is 0. The van der Waals surface area contributed by atoms with Gasteiger partial charge in [0.15, 0.2) is 18.9 Å². The Labute approximate surface area is 131 Å². The van der Waals surface area contributed by atoms with E-state index in [0.717, 1.165) is 23.9 Å². The Morgan fingerprint density at radius 2 is 2.17 bits per heavy atom. The summed E-state index contributed by atoms with van der Waals surface area (Å²) in [6, 6.07) is 1.00. The van der Waals surface area contributed by atoms with Gasteiger partial charge in [-0.15, -0.1) is 0 Å². The molecule has 2 aliphatic heterocycles. The molecule has 2 fully saturated rings. The predicted octanol–water partition coefficient (Wildman–Crippen LogP) is -0.582. The Morgan fingerprint density at radius 1 is 1.42 bits per heavy atom. The fourth-order valence-corrected chi connectivity index (χ4v) is 2.42. The maximum absolute atomic E-state index is 15.0. The first kappa shape index (κ1) is 16.0. The molecule has 0 amide bonds. The number of rotatable bonds is 3. The van der Waals surface area contributed by atoms with Gasteiger partial charge >= 0.3 is 18.0 Å². The number of hydrogen-bond donors (Lipinski definition) is 1. The molecule has 130 valence electrons. The number of carbonyl (C=O) groups excluding carboxylic acids is 2. The summed E-state index contributed by atoms with van der Waals surface area (Å²) in [5.41, 5.74) is -1.58. The molecule has 0 unspecified atom stereocenters. The zero-order valence-corrected chi connectivity index (χ0v) is 12.1. The Kier molecular flexibility index (Phi) is 3.75. The van der Waals surface area contributed by atoms with E-state index >= 15 is 0 Å². The van der Waals surface area contributed by atoms with Crippen molar-refractivity contribution in [2.75, 3.05) is 13.7 Å². The van der Waals surface area contributed by atoms with Gasteiger partial charge in [0.2, 0.25) is 6.10 Å². The van der Waals surface area contributed by atoms with Gasteiger partial charge in [-0.2, -0.15) is 0 Å². The van der Waals surface area contributed by atoms with Gasteiger partial charge in [0.05, 0.1) is 7.11 Å². The Balaban J connectivity index is 1.91. The monoisotopic (exact) mass is 346 g/mol. The minimum absolute atomic E-state index is 0.675. The quantitative estimate of drug-likeness (QED) is 0.713. The number of aromatic amines is 1. The molecule has 0 aromatic carbocycles. The van der Waals surface area contributed by atoms with Gasteiger partial charge in [-0.05, 0) is 0 Å². The highest BCUT2D eigenvalue weighted by Crippen LogP contribution is 2.44. The normalized spacial score (nSPS) is 31.1. The van der Waals surface area contributed by atoms with Crippen LogP contribution in [0.15, 0.2) is 21.9 Å². The van der Waals surface area contributed by atoms with Crippen molar-refractivity contribution in [3.8, 4) is 0 Å². The SMILES string of the molecule is COC(=O)OC[C@@]1(F)O[C@@H](n2ccc(=O)[nH]c2=O)[C@@H]2OC(=O)O[C@@H]21. The van der Waals surface area contributed by atoms with Crippen LogP contribution in [0.25, 0.3) is 0 Å². The highest BCUT2D eigenvalue weighted by atomic mass is 19.2. The summed E-state index contributed by atoms with van der Waals surface area (Å²) in [5.74, 6) is -2.77. The minimum Gasteiger partial charge on any atom is -0.438 e. The lowest BCUT2D eigenvalue weighted by atomic mass is 10.1. The smallest absolute Gasteiger partial charge is 0.438 e. The van der Waals surface area contributed by atoms with Gasteiger partial charge in [-0.25, -0.2) is 18.8 Å². The number of nitrogens with one attached hydrogen (secondary N) is 1. The fraction of sp³-hybridized carbons (Fsp3) is 0.500. The summed E-state index contributed by atoms with van der Waals surface area (Å²) in [7, 11) is 1.02. The van der Waals surface area contributed by atoms with E-state index < -0.39 is 54.5 Å². The van der Waals surface area contributed by atoms with Gasteiger partial charge in [0.25, 0.3) is 11.4 Å². The second-order valence-corrected chi connectivity index (χ2v) is 4.93. The molecular formula is C12H11FN2O9. The molecule has 11 nitrogen and oxygen atoms in total. The zero-order valence-electron chi connectivity index (χ0n) is 12.1. The number of hydrogen-bond acceptors (Lipinski definition) is 9. The summed E-state index contributed by atoms with van der Waals surface area (Å²) in [6.45, 7) is -0.966. The Bertz CT molecular complexity index is 789. The van der Waals surface area contributed by atoms with Crippen LogP contribution in [-0.4, -0.2) is 53.6 Å². The summed E-state index contributed by atoms with van der Waals surface area (Å²) < 4.78 is 39.1. The van der Waals surface area contributed by atoms with Gasteiger partial charge in [-0.3, -0.25) is 14.3 Å². The number of halogens is 1. The van der Waals surface area contributed by atoms with Crippen LogP contribution in [0, 0.1) is 0 Å². The molecule has 4 atom stereocenters. The number of nitrogens with zero attached hydrogens (tertiary/aromatic N) is 1. The molecular weight excluding hydrogens is 335 g/mol. The van der Waals surface area contributed by atoms with Crippen LogP contribution in [0.2, 0.25) is 0 Å². The third-order valence-corrected chi connectivity index (χ3v) is 3.46. The maximum Gasteiger partial charge on any atom is 0.509 e. The Morgan fingerprint density at radius 3 is 2.83 bits per heavy atom. The fourth-order valence-electron chi connectivity index (χ4n) is 2.42. The van der Waals surface area contributed by atoms with Gasteiger partial charge in [-0.1, -0.05) is 0 Å². The van der Waals surface area contributed by atoms with Crippen LogP contribution in [0.1, 0.15) is 6.23 Å². The molecule has 1 aromatic heterocycles. The van der Waals surface area contributed by atoms with E-state index in [-0.39, 0.29) is 0 Å². The Hall–Kier alpha value is -2.89.